The molecule has 5 heteroatoms. The summed E-state index contributed by atoms with van der Waals surface area (Å²) in [6, 6.07) is 5.34. The summed E-state index contributed by atoms with van der Waals surface area (Å²) in [4.78, 5) is 23.8. The molecule has 1 fully saturated rings. The summed E-state index contributed by atoms with van der Waals surface area (Å²) in [7, 11) is 0. The van der Waals surface area contributed by atoms with Gasteiger partial charge in [0.15, 0.2) is 5.82 Å². The van der Waals surface area contributed by atoms with Gasteiger partial charge in [-0.1, -0.05) is 0 Å². The van der Waals surface area contributed by atoms with Gasteiger partial charge in [0, 0.05) is 18.1 Å². The summed E-state index contributed by atoms with van der Waals surface area (Å²) in [5.74, 6) is 1.06. The predicted octanol–water partition coefficient (Wildman–Crippen LogP) is 1.99. The van der Waals surface area contributed by atoms with E-state index in [0.29, 0.717) is 17.4 Å². The van der Waals surface area contributed by atoms with E-state index >= 15 is 0 Å². The molecule has 2 N–H and O–H groups in total. The summed E-state index contributed by atoms with van der Waals surface area (Å²) in [6.45, 7) is 1.93. The Morgan fingerprint density at radius 1 is 1.47 bits per heavy atom. The Labute approximate surface area is 111 Å². The number of aromatic nitrogens is 3. The summed E-state index contributed by atoms with van der Waals surface area (Å²) in [5.41, 5.74) is 1.49. The summed E-state index contributed by atoms with van der Waals surface area (Å²) in [6.07, 6.45) is 5.72. The van der Waals surface area contributed by atoms with Crippen molar-refractivity contribution in [3.63, 3.8) is 0 Å². The van der Waals surface area contributed by atoms with Gasteiger partial charge in [-0.05, 0) is 43.9 Å². The van der Waals surface area contributed by atoms with Crippen LogP contribution in [-0.4, -0.2) is 20.9 Å². The van der Waals surface area contributed by atoms with Crippen LogP contribution in [0.25, 0.3) is 0 Å². The molecule has 0 spiro atoms. The maximum atomic E-state index is 12.1. The van der Waals surface area contributed by atoms with Crippen LogP contribution in [0, 0.1) is 12.8 Å². The highest BCUT2D eigenvalue weighted by molar-refractivity contribution is 5.92. The average molecular weight is 256 g/mol. The van der Waals surface area contributed by atoms with Crippen LogP contribution in [0.5, 0.6) is 0 Å². The minimum absolute atomic E-state index is 0.0873. The molecule has 98 valence electrons. The first-order valence-corrected chi connectivity index (χ1v) is 6.48. The summed E-state index contributed by atoms with van der Waals surface area (Å²) in [5, 5.41) is 3.03. The molecular weight excluding hydrogens is 240 g/mol. The molecular formula is C14H16N4O. The molecule has 1 atom stereocenters. The van der Waals surface area contributed by atoms with Crippen molar-refractivity contribution in [3.8, 4) is 0 Å². The number of H-pyrrole nitrogens is 1. The fraction of sp³-hybridized carbons (Fsp3) is 0.357. The van der Waals surface area contributed by atoms with Crippen molar-refractivity contribution in [2.45, 2.75) is 25.8 Å². The molecule has 0 saturated heterocycles. The molecule has 2 aromatic heterocycles. The molecule has 1 saturated carbocycles. The standard InChI is InChI=1S/C14H16N4O/c1-9-6-8-16-13(17-9)12(10-4-5-10)18-14(19)11-3-2-7-15-11/h2-3,6-8,10,12,15H,4-5H2,1H3,(H,18,19). The smallest absolute Gasteiger partial charge is 0.268 e. The highest BCUT2D eigenvalue weighted by atomic mass is 16.2. The van der Waals surface area contributed by atoms with Crippen LogP contribution in [0.3, 0.4) is 0 Å². The number of hydrogen-bond acceptors (Lipinski definition) is 3. The molecule has 1 amide bonds. The van der Waals surface area contributed by atoms with Gasteiger partial charge in [0.1, 0.15) is 5.69 Å². The first-order valence-electron chi connectivity index (χ1n) is 6.48. The highest BCUT2D eigenvalue weighted by Gasteiger charge is 2.35. The minimum atomic E-state index is -0.105. The number of nitrogens with one attached hydrogen (secondary N) is 2. The fourth-order valence-corrected chi connectivity index (χ4v) is 2.13. The molecule has 0 aromatic carbocycles. The van der Waals surface area contributed by atoms with E-state index in [0.717, 1.165) is 18.5 Å². The zero-order valence-corrected chi connectivity index (χ0v) is 10.8. The maximum Gasteiger partial charge on any atom is 0.268 e. The largest absolute Gasteiger partial charge is 0.357 e. The van der Waals surface area contributed by atoms with E-state index in [1.807, 2.05) is 19.1 Å². The van der Waals surface area contributed by atoms with E-state index in [-0.39, 0.29) is 11.9 Å². The van der Waals surface area contributed by atoms with Crippen molar-refractivity contribution in [3.05, 3.63) is 47.8 Å². The normalized spacial score (nSPS) is 16.1. The second-order valence-corrected chi connectivity index (χ2v) is 4.93. The second-order valence-electron chi connectivity index (χ2n) is 4.93. The van der Waals surface area contributed by atoms with Crippen molar-refractivity contribution in [2.24, 2.45) is 5.92 Å². The van der Waals surface area contributed by atoms with Crippen molar-refractivity contribution in [1.82, 2.24) is 20.3 Å². The minimum Gasteiger partial charge on any atom is -0.357 e. The second kappa shape index (κ2) is 4.84. The monoisotopic (exact) mass is 256 g/mol. The molecule has 5 nitrogen and oxygen atoms in total. The molecule has 1 aliphatic carbocycles. The van der Waals surface area contributed by atoms with E-state index in [2.05, 4.69) is 20.3 Å². The Morgan fingerprint density at radius 2 is 2.32 bits per heavy atom. The van der Waals surface area contributed by atoms with Gasteiger partial charge >= 0.3 is 0 Å². The van der Waals surface area contributed by atoms with Crippen LogP contribution in [0.4, 0.5) is 0 Å². The number of amides is 1. The van der Waals surface area contributed by atoms with Crippen LogP contribution >= 0.6 is 0 Å². The lowest BCUT2D eigenvalue weighted by Crippen LogP contribution is -2.31. The van der Waals surface area contributed by atoms with E-state index in [1.54, 1.807) is 18.5 Å². The van der Waals surface area contributed by atoms with Crippen molar-refractivity contribution < 1.29 is 4.79 Å². The van der Waals surface area contributed by atoms with E-state index in [4.69, 9.17) is 0 Å². The Bertz CT molecular complexity index is 575. The van der Waals surface area contributed by atoms with Crippen LogP contribution in [0.2, 0.25) is 0 Å². The first kappa shape index (κ1) is 11.9. The topological polar surface area (TPSA) is 70.7 Å². The van der Waals surface area contributed by atoms with Crippen LogP contribution in [0.15, 0.2) is 30.6 Å². The molecule has 0 radical (unpaired) electrons. The van der Waals surface area contributed by atoms with Crippen molar-refractivity contribution in [1.29, 1.82) is 0 Å². The van der Waals surface area contributed by atoms with Gasteiger partial charge in [0.25, 0.3) is 5.91 Å². The number of carbonyl (C=O) groups excluding carboxylic acids is 1. The lowest BCUT2D eigenvalue weighted by atomic mass is 10.1. The number of aryl methyl sites for hydroxylation is 1. The fourth-order valence-electron chi connectivity index (χ4n) is 2.13. The Hall–Kier alpha value is -2.17. The highest BCUT2D eigenvalue weighted by Crippen LogP contribution is 2.39. The number of hydrogen-bond donors (Lipinski definition) is 2. The van der Waals surface area contributed by atoms with Gasteiger partial charge in [-0.25, -0.2) is 9.97 Å². The molecule has 0 aliphatic heterocycles. The van der Waals surface area contributed by atoms with Crippen molar-refractivity contribution >= 4 is 5.91 Å². The third kappa shape index (κ3) is 2.65. The Morgan fingerprint density at radius 3 is 2.95 bits per heavy atom. The van der Waals surface area contributed by atoms with Gasteiger partial charge in [-0.2, -0.15) is 0 Å². The lowest BCUT2D eigenvalue weighted by Gasteiger charge is -2.16. The number of carbonyl (C=O) groups is 1. The van der Waals surface area contributed by atoms with Gasteiger partial charge in [-0.15, -0.1) is 0 Å². The summed E-state index contributed by atoms with van der Waals surface area (Å²) >= 11 is 0. The maximum absolute atomic E-state index is 12.1. The predicted molar refractivity (Wildman–Crippen MR) is 70.5 cm³/mol. The third-order valence-corrected chi connectivity index (χ3v) is 3.31. The van der Waals surface area contributed by atoms with Crippen LogP contribution in [0.1, 0.15) is 40.9 Å². The molecule has 1 unspecified atom stereocenters. The van der Waals surface area contributed by atoms with Gasteiger partial charge in [-0.3, -0.25) is 4.79 Å². The zero-order valence-electron chi connectivity index (χ0n) is 10.8. The third-order valence-electron chi connectivity index (χ3n) is 3.31. The molecule has 2 aromatic rings. The van der Waals surface area contributed by atoms with E-state index in [1.165, 1.54) is 0 Å². The molecule has 2 heterocycles. The van der Waals surface area contributed by atoms with Gasteiger partial charge in [0.2, 0.25) is 0 Å². The number of aromatic amines is 1. The molecule has 19 heavy (non-hydrogen) atoms. The lowest BCUT2D eigenvalue weighted by molar-refractivity contribution is 0.0925. The number of nitrogens with zero attached hydrogens (tertiary/aromatic N) is 2. The van der Waals surface area contributed by atoms with Gasteiger partial charge < -0.3 is 10.3 Å². The summed E-state index contributed by atoms with van der Waals surface area (Å²) < 4.78 is 0. The quantitative estimate of drug-likeness (QED) is 0.878. The molecule has 1 aliphatic rings. The van der Waals surface area contributed by atoms with E-state index < -0.39 is 0 Å². The van der Waals surface area contributed by atoms with E-state index in [9.17, 15) is 4.79 Å². The van der Waals surface area contributed by atoms with Crippen LogP contribution < -0.4 is 5.32 Å². The number of rotatable bonds is 4. The first-order chi connectivity index (χ1) is 9.24. The molecule has 3 rings (SSSR count). The SMILES string of the molecule is Cc1ccnc(C(NC(=O)c2ccc[nH]2)C2CC2)n1. The zero-order chi connectivity index (χ0) is 13.2. The Balaban J connectivity index is 1.80. The van der Waals surface area contributed by atoms with Gasteiger partial charge in [0.05, 0.1) is 6.04 Å². The average Bonchev–Trinajstić information content (AvgIpc) is 3.09. The molecule has 0 bridgehead atoms. The Kier molecular flexibility index (Phi) is 3.03. The van der Waals surface area contributed by atoms with Crippen molar-refractivity contribution in [2.75, 3.05) is 0 Å². The van der Waals surface area contributed by atoms with Crippen LogP contribution in [-0.2, 0) is 0 Å².